The van der Waals surface area contributed by atoms with Gasteiger partial charge in [-0.05, 0) is 30.7 Å². The number of benzene rings is 2. The molecule has 20 heavy (non-hydrogen) atoms. The maximum atomic E-state index is 6.13. The van der Waals surface area contributed by atoms with Gasteiger partial charge in [-0.15, -0.1) is 0 Å². The zero-order valence-corrected chi connectivity index (χ0v) is 11.6. The highest BCUT2D eigenvalue weighted by Crippen LogP contribution is 2.30. The van der Waals surface area contributed by atoms with Crippen LogP contribution in [0.3, 0.4) is 0 Å². The third-order valence-electron chi connectivity index (χ3n) is 3.03. The van der Waals surface area contributed by atoms with Crippen molar-refractivity contribution in [3.05, 3.63) is 53.1 Å². The van der Waals surface area contributed by atoms with Crippen LogP contribution in [-0.2, 0) is 0 Å². The van der Waals surface area contributed by atoms with E-state index in [1.807, 2.05) is 31.2 Å². The van der Waals surface area contributed by atoms with Crippen LogP contribution in [0.25, 0.3) is 22.8 Å². The van der Waals surface area contributed by atoms with Crippen LogP contribution in [0.5, 0.6) is 0 Å². The molecule has 4 nitrogen and oxygen atoms in total. The summed E-state index contributed by atoms with van der Waals surface area (Å²) < 4.78 is 5.29. The summed E-state index contributed by atoms with van der Waals surface area (Å²) >= 11 is 6.13. The Bertz CT molecular complexity index is 767. The molecule has 0 unspecified atom stereocenters. The molecule has 1 aromatic heterocycles. The van der Waals surface area contributed by atoms with Gasteiger partial charge < -0.3 is 10.3 Å². The maximum absolute atomic E-state index is 6.13. The number of halogens is 1. The van der Waals surface area contributed by atoms with Gasteiger partial charge in [0.2, 0.25) is 5.82 Å². The number of anilines is 1. The number of aromatic nitrogens is 2. The lowest BCUT2D eigenvalue weighted by atomic mass is 10.1. The number of hydrogen-bond acceptors (Lipinski definition) is 4. The second kappa shape index (κ2) is 4.98. The van der Waals surface area contributed by atoms with E-state index < -0.39 is 0 Å². The van der Waals surface area contributed by atoms with Crippen LogP contribution in [0, 0.1) is 6.92 Å². The molecular formula is C15H12ClN3O. The van der Waals surface area contributed by atoms with Gasteiger partial charge in [-0.1, -0.05) is 41.0 Å². The standard InChI is InChI=1S/C15H12ClN3O/c1-9-4-2-3-5-11(9)14-18-15(20-19-14)12-8-10(17)6-7-13(12)16/h2-8H,17H2,1H3. The highest BCUT2D eigenvalue weighted by Gasteiger charge is 2.14. The molecule has 0 radical (unpaired) electrons. The topological polar surface area (TPSA) is 64.9 Å². The highest BCUT2D eigenvalue weighted by molar-refractivity contribution is 6.33. The molecule has 3 aromatic rings. The average Bonchev–Trinajstić information content (AvgIpc) is 2.91. The molecule has 0 bridgehead atoms. The molecule has 0 spiro atoms. The fraction of sp³-hybridized carbons (Fsp3) is 0.0667. The summed E-state index contributed by atoms with van der Waals surface area (Å²) in [5.74, 6) is 0.900. The lowest BCUT2D eigenvalue weighted by Gasteiger charge is -2.00. The van der Waals surface area contributed by atoms with Crippen molar-refractivity contribution in [2.75, 3.05) is 5.73 Å². The van der Waals surface area contributed by atoms with E-state index in [1.165, 1.54) is 0 Å². The molecule has 100 valence electrons. The van der Waals surface area contributed by atoms with E-state index in [0.717, 1.165) is 11.1 Å². The van der Waals surface area contributed by atoms with Crippen LogP contribution in [0.4, 0.5) is 5.69 Å². The molecule has 3 rings (SSSR count). The summed E-state index contributed by atoms with van der Waals surface area (Å²) in [4.78, 5) is 4.40. The summed E-state index contributed by atoms with van der Waals surface area (Å²) in [6.45, 7) is 2.00. The van der Waals surface area contributed by atoms with E-state index in [2.05, 4.69) is 10.1 Å². The third-order valence-corrected chi connectivity index (χ3v) is 3.36. The van der Waals surface area contributed by atoms with E-state index in [4.69, 9.17) is 21.9 Å². The lowest BCUT2D eigenvalue weighted by molar-refractivity contribution is 0.432. The van der Waals surface area contributed by atoms with Crippen molar-refractivity contribution in [1.82, 2.24) is 10.1 Å². The predicted octanol–water partition coefficient (Wildman–Crippen LogP) is 3.95. The second-order valence-corrected chi connectivity index (χ2v) is 4.88. The number of nitrogens with two attached hydrogens (primary N) is 1. The summed E-state index contributed by atoms with van der Waals surface area (Å²) in [6, 6.07) is 13.0. The fourth-order valence-electron chi connectivity index (χ4n) is 1.97. The zero-order valence-electron chi connectivity index (χ0n) is 10.8. The van der Waals surface area contributed by atoms with E-state index in [1.54, 1.807) is 18.2 Å². The minimum absolute atomic E-state index is 0.362. The predicted molar refractivity (Wildman–Crippen MR) is 79.3 cm³/mol. The Labute approximate surface area is 121 Å². The molecule has 1 heterocycles. The third kappa shape index (κ3) is 2.26. The number of rotatable bonds is 2. The molecule has 2 aromatic carbocycles. The van der Waals surface area contributed by atoms with Gasteiger partial charge in [0.1, 0.15) is 0 Å². The van der Waals surface area contributed by atoms with Gasteiger partial charge >= 0.3 is 0 Å². The quantitative estimate of drug-likeness (QED) is 0.724. The van der Waals surface area contributed by atoms with Crippen molar-refractivity contribution in [1.29, 1.82) is 0 Å². The Morgan fingerprint density at radius 2 is 1.90 bits per heavy atom. The molecule has 0 aliphatic carbocycles. The zero-order chi connectivity index (χ0) is 14.1. The van der Waals surface area contributed by atoms with Crippen molar-refractivity contribution in [2.45, 2.75) is 6.92 Å². The van der Waals surface area contributed by atoms with Crippen LogP contribution in [0.2, 0.25) is 5.02 Å². The summed E-state index contributed by atoms with van der Waals surface area (Å²) in [6.07, 6.45) is 0. The Balaban J connectivity index is 2.07. The minimum Gasteiger partial charge on any atom is -0.399 e. The van der Waals surface area contributed by atoms with Crippen molar-refractivity contribution in [2.24, 2.45) is 0 Å². The second-order valence-electron chi connectivity index (χ2n) is 4.48. The number of nitrogen functional groups attached to an aromatic ring is 1. The van der Waals surface area contributed by atoms with Gasteiger partial charge in [-0.25, -0.2) is 0 Å². The van der Waals surface area contributed by atoms with Crippen LogP contribution in [-0.4, -0.2) is 10.1 Å². The van der Waals surface area contributed by atoms with Gasteiger partial charge in [-0.2, -0.15) is 4.98 Å². The molecular weight excluding hydrogens is 274 g/mol. The molecule has 2 N–H and O–H groups in total. The van der Waals surface area contributed by atoms with Gasteiger partial charge in [0, 0.05) is 11.3 Å². The first-order chi connectivity index (χ1) is 9.65. The van der Waals surface area contributed by atoms with Gasteiger partial charge in [0.15, 0.2) is 0 Å². The number of nitrogens with zero attached hydrogens (tertiary/aromatic N) is 2. The normalized spacial score (nSPS) is 10.7. The van der Waals surface area contributed by atoms with E-state index in [0.29, 0.717) is 28.0 Å². The molecule has 0 fully saturated rings. The van der Waals surface area contributed by atoms with Gasteiger partial charge in [-0.3, -0.25) is 0 Å². The summed E-state index contributed by atoms with van der Waals surface area (Å²) in [7, 11) is 0. The molecule has 0 saturated heterocycles. The monoisotopic (exact) mass is 285 g/mol. The molecule has 0 saturated carbocycles. The van der Waals surface area contributed by atoms with Crippen molar-refractivity contribution < 1.29 is 4.52 Å². The molecule has 0 atom stereocenters. The largest absolute Gasteiger partial charge is 0.399 e. The Kier molecular flexibility index (Phi) is 3.16. The minimum atomic E-state index is 0.362. The summed E-state index contributed by atoms with van der Waals surface area (Å²) in [5, 5.41) is 4.54. The van der Waals surface area contributed by atoms with Gasteiger partial charge in [0.05, 0.1) is 10.6 Å². The van der Waals surface area contributed by atoms with E-state index >= 15 is 0 Å². The fourth-order valence-corrected chi connectivity index (χ4v) is 2.17. The smallest absolute Gasteiger partial charge is 0.259 e. The SMILES string of the molecule is Cc1ccccc1-c1noc(-c2cc(N)ccc2Cl)n1. The summed E-state index contributed by atoms with van der Waals surface area (Å²) in [5.41, 5.74) is 9.01. The average molecular weight is 286 g/mol. The van der Waals surface area contributed by atoms with Crippen LogP contribution in [0.1, 0.15) is 5.56 Å². The molecule has 5 heteroatoms. The van der Waals surface area contributed by atoms with E-state index in [9.17, 15) is 0 Å². The Morgan fingerprint density at radius 1 is 1.10 bits per heavy atom. The molecule has 0 amide bonds. The first-order valence-corrected chi connectivity index (χ1v) is 6.48. The highest BCUT2D eigenvalue weighted by atomic mass is 35.5. The lowest BCUT2D eigenvalue weighted by Crippen LogP contribution is -1.87. The first kappa shape index (κ1) is 12.7. The van der Waals surface area contributed by atoms with Crippen molar-refractivity contribution >= 4 is 17.3 Å². The first-order valence-electron chi connectivity index (χ1n) is 6.10. The maximum Gasteiger partial charge on any atom is 0.259 e. The number of aryl methyl sites for hydroxylation is 1. The number of hydrogen-bond donors (Lipinski definition) is 1. The van der Waals surface area contributed by atoms with Crippen LogP contribution < -0.4 is 5.73 Å². The van der Waals surface area contributed by atoms with E-state index in [-0.39, 0.29) is 0 Å². The van der Waals surface area contributed by atoms with Crippen molar-refractivity contribution in [3.63, 3.8) is 0 Å². The van der Waals surface area contributed by atoms with Crippen LogP contribution >= 0.6 is 11.6 Å². The molecule has 0 aliphatic heterocycles. The molecule has 0 aliphatic rings. The Hall–Kier alpha value is -2.33. The Morgan fingerprint density at radius 3 is 2.70 bits per heavy atom. The van der Waals surface area contributed by atoms with Gasteiger partial charge in [0.25, 0.3) is 5.89 Å². The van der Waals surface area contributed by atoms with Crippen LogP contribution in [0.15, 0.2) is 47.0 Å². The van der Waals surface area contributed by atoms with Crippen molar-refractivity contribution in [3.8, 4) is 22.8 Å².